The molecule has 2 aromatic heterocycles. The van der Waals surface area contributed by atoms with Crippen LogP contribution in [0, 0.1) is 0 Å². The topological polar surface area (TPSA) is 79.1 Å². The van der Waals surface area contributed by atoms with Crippen molar-refractivity contribution in [3.8, 4) is 5.75 Å². The highest BCUT2D eigenvalue weighted by molar-refractivity contribution is 7.10. The second kappa shape index (κ2) is 11.6. The van der Waals surface area contributed by atoms with Gasteiger partial charge in [0.1, 0.15) is 18.4 Å². The van der Waals surface area contributed by atoms with E-state index in [1.807, 2.05) is 47.9 Å². The number of hydrogen-bond donors (Lipinski definition) is 0. The number of nitrogens with zero attached hydrogens (tertiary/aromatic N) is 2. The Morgan fingerprint density at radius 1 is 1.17 bits per heavy atom. The fraction of sp³-hybridized carbons (Fsp3) is 0.346. The molecule has 3 heterocycles. The summed E-state index contributed by atoms with van der Waals surface area (Å²) in [4.78, 5) is 32.6. The number of thiophene rings is 1. The predicted molar refractivity (Wildman–Crippen MR) is 138 cm³/mol. The molecule has 0 N–H and O–H groups in total. The third kappa shape index (κ3) is 5.63. The first-order valence-electron chi connectivity index (χ1n) is 11.5. The highest BCUT2D eigenvalue weighted by Gasteiger charge is 2.34. The molecule has 0 saturated heterocycles. The van der Waals surface area contributed by atoms with Crippen molar-refractivity contribution in [2.75, 3.05) is 26.9 Å². The van der Waals surface area contributed by atoms with Crippen LogP contribution in [0.3, 0.4) is 0 Å². The summed E-state index contributed by atoms with van der Waals surface area (Å²) in [5.74, 6) is 0.316. The van der Waals surface area contributed by atoms with Crippen LogP contribution < -0.4 is 19.6 Å². The zero-order chi connectivity index (χ0) is 24.8. The van der Waals surface area contributed by atoms with Crippen molar-refractivity contribution in [2.24, 2.45) is 4.99 Å². The van der Waals surface area contributed by atoms with E-state index in [0.29, 0.717) is 33.8 Å². The fourth-order valence-corrected chi connectivity index (χ4v) is 5.61. The molecule has 9 heteroatoms. The molecule has 3 aromatic rings. The molecule has 0 bridgehead atoms. The van der Waals surface area contributed by atoms with Gasteiger partial charge in [0.15, 0.2) is 4.80 Å². The largest absolute Gasteiger partial charge is 0.494 e. The molecule has 0 saturated carbocycles. The average molecular weight is 513 g/mol. The van der Waals surface area contributed by atoms with Gasteiger partial charge in [-0.2, -0.15) is 0 Å². The Bertz CT molecular complexity index is 1370. The number of benzene rings is 1. The van der Waals surface area contributed by atoms with Gasteiger partial charge in [0.2, 0.25) is 0 Å². The molecular weight excluding hydrogens is 484 g/mol. The maximum absolute atomic E-state index is 13.6. The smallest absolute Gasteiger partial charge is 0.338 e. The number of fused-ring (bicyclic) bond motifs is 1. The van der Waals surface area contributed by atoms with Crippen molar-refractivity contribution in [1.82, 2.24) is 4.57 Å². The zero-order valence-corrected chi connectivity index (χ0v) is 21.6. The van der Waals surface area contributed by atoms with E-state index in [9.17, 15) is 9.59 Å². The van der Waals surface area contributed by atoms with E-state index >= 15 is 0 Å². The minimum atomic E-state index is -0.585. The summed E-state index contributed by atoms with van der Waals surface area (Å²) in [6.45, 7) is 5.02. The second-order valence-electron chi connectivity index (χ2n) is 8.00. The minimum Gasteiger partial charge on any atom is -0.494 e. The number of hydrogen-bond acceptors (Lipinski definition) is 8. The van der Waals surface area contributed by atoms with Gasteiger partial charge in [-0.3, -0.25) is 9.36 Å². The van der Waals surface area contributed by atoms with Gasteiger partial charge in [0.25, 0.3) is 5.56 Å². The Morgan fingerprint density at radius 3 is 2.66 bits per heavy atom. The maximum Gasteiger partial charge on any atom is 0.338 e. The Morgan fingerprint density at radius 2 is 1.97 bits per heavy atom. The Balaban J connectivity index is 1.71. The zero-order valence-electron chi connectivity index (χ0n) is 20.0. The van der Waals surface area contributed by atoms with E-state index in [1.54, 1.807) is 18.6 Å². The number of unbranched alkanes of at least 4 members (excludes halogenated alkanes) is 1. The molecule has 0 amide bonds. The first-order chi connectivity index (χ1) is 17.0. The number of rotatable bonds is 10. The first kappa shape index (κ1) is 25.1. The van der Waals surface area contributed by atoms with E-state index < -0.39 is 12.0 Å². The Hall–Kier alpha value is -3.01. The van der Waals surface area contributed by atoms with Crippen molar-refractivity contribution in [3.63, 3.8) is 0 Å². The van der Waals surface area contributed by atoms with Gasteiger partial charge in [0, 0.05) is 12.0 Å². The summed E-state index contributed by atoms with van der Waals surface area (Å²) in [6, 6.07) is 10.9. The number of methoxy groups -OCH3 is 1. The molecule has 0 radical (unpaired) electrons. The summed E-state index contributed by atoms with van der Waals surface area (Å²) in [6.07, 6.45) is 3.94. The Labute approximate surface area is 211 Å². The fourth-order valence-electron chi connectivity index (χ4n) is 3.74. The number of thiazole rings is 1. The number of esters is 1. The van der Waals surface area contributed by atoms with Crippen molar-refractivity contribution in [1.29, 1.82) is 0 Å². The summed E-state index contributed by atoms with van der Waals surface area (Å²) in [5, 5.41) is 1.93. The van der Waals surface area contributed by atoms with Crippen molar-refractivity contribution < 1.29 is 19.0 Å². The van der Waals surface area contributed by atoms with Crippen LogP contribution in [-0.2, 0) is 14.3 Å². The van der Waals surface area contributed by atoms with E-state index in [1.165, 1.54) is 22.7 Å². The minimum absolute atomic E-state index is 0.131. The van der Waals surface area contributed by atoms with E-state index in [4.69, 9.17) is 14.2 Å². The monoisotopic (exact) mass is 512 g/mol. The highest BCUT2D eigenvalue weighted by atomic mass is 32.1. The van der Waals surface area contributed by atoms with Gasteiger partial charge in [-0.05, 0) is 48.6 Å². The molecule has 1 atom stereocenters. The summed E-state index contributed by atoms with van der Waals surface area (Å²) < 4.78 is 18.3. The normalized spacial score (nSPS) is 15.6. The molecule has 7 nitrogen and oxygen atoms in total. The van der Waals surface area contributed by atoms with Crippen LogP contribution >= 0.6 is 22.7 Å². The van der Waals surface area contributed by atoms with E-state index in [0.717, 1.165) is 29.0 Å². The van der Waals surface area contributed by atoms with Crippen LogP contribution in [-0.4, -0.2) is 37.5 Å². The van der Waals surface area contributed by atoms with Gasteiger partial charge in [0.05, 0.1) is 29.0 Å². The molecule has 0 aliphatic carbocycles. The van der Waals surface area contributed by atoms with Crippen LogP contribution in [0.5, 0.6) is 5.75 Å². The number of carbonyl (C=O) groups excluding carboxylic acids is 1. The molecule has 35 heavy (non-hydrogen) atoms. The lowest BCUT2D eigenvalue weighted by atomic mass is 10.0. The second-order valence-corrected chi connectivity index (χ2v) is 9.99. The van der Waals surface area contributed by atoms with E-state index in [2.05, 4.69) is 11.9 Å². The summed E-state index contributed by atoms with van der Waals surface area (Å²) >= 11 is 2.80. The lowest BCUT2D eigenvalue weighted by Gasteiger charge is -2.23. The highest BCUT2D eigenvalue weighted by Crippen LogP contribution is 2.33. The summed E-state index contributed by atoms with van der Waals surface area (Å²) in [7, 11) is 1.55. The van der Waals surface area contributed by atoms with Gasteiger partial charge < -0.3 is 14.2 Å². The molecule has 1 aromatic carbocycles. The lowest BCUT2D eigenvalue weighted by Crippen LogP contribution is -2.39. The van der Waals surface area contributed by atoms with Crippen LogP contribution in [0.4, 0.5) is 0 Å². The van der Waals surface area contributed by atoms with Gasteiger partial charge in [-0.1, -0.05) is 42.9 Å². The molecule has 0 spiro atoms. The number of ether oxygens (including phenoxy) is 3. The standard InChI is InChI=1S/C26H28N2O5S2/c1-4-5-12-32-19-10-8-18(9-11-19)16-21-24(29)28-23(20-7-6-15-34-20)22(17(2)27-26(28)35-21)25(30)33-14-13-31-3/h6-11,15-16,23H,4-5,12-14H2,1-3H3. The molecule has 1 aliphatic rings. The third-order valence-corrected chi connectivity index (χ3v) is 7.43. The van der Waals surface area contributed by atoms with Gasteiger partial charge in [-0.15, -0.1) is 11.3 Å². The number of aromatic nitrogens is 1. The molecule has 184 valence electrons. The van der Waals surface area contributed by atoms with Gasteiger partial charge >= 0.3 is 5.97 Å². The molecule has 1 aliphatic heterocycles. The van der Waals surface area contributed by atoms with Crippen molar-refractivity contribution >= 4 is 34.7 Å². The molecular formula is C26H28N2O5S2. The summed E-state index contributed by atoms with van der Waals surface area (Å²) in [5.41, 5.74) is 1.62. The number of carbonyl (C=O) groups is 1. The van der Waals surface area contributed by atoms with Crippen LogP contribution in [0.25, 0.3) is 6.08 Å². The first-order valence-corrected chi connectivity index (χ1v) is 13.2. The quantitative estimate of drug-likeness (QED) is 0.306. The molecule has 4 rings (SSSR count). The average Bonchev–Trinajstić information content (AvgIpc) is 3.48. The predicted octanol–water partition coefficient (Wildman–Crippen LogP) is 3.67. The van der Waals surface area contributed by atoms with Crippen molar-refractivity contribution in [3.05, 3.63) is 83.2 Å². The van der Waals surface area contributed by atoms with Gasteiger partial charge in [-0.25, -0.2) is 9.79 Å². The number of allylic oxidation sites excluding steroid dienone is 1. The van der Waals surface area contributed by atoms with Crippen LogP contribution in [0.1, 0.15) is 43.2 Å². The third-order valence-electron chi connectivity index (χ3n) is 5.52. The lowest BCUT2D eigenvalue weighted by molar-refractivity contribution is -0.140. The van der Waals surface area contributed by atoms with Crippen LogP contribution in [0.2, 0.25) is 0 Å². The SMILES string of the molecule is CCCCOc1ccc(C=c2sc3n(c2=O)C(c2cccs2)C(C(=O)OCCOC)=C(C)N=3)cc1. The van der Waals surface area contributed by atoms with Crippen LogP contribution in [0.15, 0.2) is 62.8 Å². The van der Waals surface area contributed by atoms with E-state index in [-0.39, 0.29) is 12.2 Å². The maximum atomic E-state index is 13.6. The molecule has 1 unspecified atom stereocenters. The Kier molecular flexibility index (Phi) is 8.33. The molecule has 0 fully saturated rings. The van der Waals surface area contributed by atoms with Crippen molar-refractivity contribution in [2.45, 2.75) is 32.7 Å².